The van der Waals surface area contributed by atoms with Crippen LogP contribution in [-0.2, 0) is 11.3 Å². The lowest BCUT2D eigenvalue weighted by Crippen LogP contribution is -2.55. The highest BCUT2D eigenvalue weighted by Gasteiger charge is 2.48. The fourth-order valence-corrected chi connectivity index (χ4v) is 4.00. The van der Waals surface area contributed by atoms with E-state index >= 15 is 0 Å². The molecule has 0 bridgehead atoms. The zero-order chi connectivity index (χ0) is 23.0. The summed E-state index contributed by atoms with van der Waals surface area (Å²) in [7, 11) is 1.80. The minimum absolute atomic E-state index is 0.119. The van der Waals surface area contributed by atoms with E-state index < -0.39 is 28.6 Å². The van der Waals surface area contributed by atoms with Crippen molar-refractivity contribution in [1.29, 1.82) is 0 Å². The second-order valence-electron chi connectivity index (χ2n) is 8.50. The lowest BCUT2D eigenvalue weighted by atomic mass is 9.99. The predicted octanol–water partition coefficient (Wildman–Crippen LogP) is 1.71. The van der Waals surface area contributed by atoms with Crippen LogP contribution < -0.4 is 16.8 Å². The van der Waals surface area contributed by atoms with Crippen molar-refractivity contribution in [2.24, 2.45) is 5.73 Å². The summed E-state index contributed by atoms with van der Waals surface area (Å²) in [5, 5.41) is 3.00. The van der Waals surface area contributed by atoms with Crippen LogP contribution in [0, 0.1) is 11.6 Å². The molecule has 1 aliphatic carbocycles. The van der Waals surface area contributed by atoms with Crippen LogP contribution in [0.25, 0.3) is 11.1 Å². The van der Waals surface area contributed by atoms with Crippen molar-refractivity contribution in [1.82, 2.24) is 15.1 Å². The smallest absolute Gasteiger partial charge is 0.259 e. The van der Waals surface area contributed by atoms with Crippen molar-refractivity contribution in [3.05, 3.63) is 53.1 Å². The first kappa shape index (κ1) is 22.2. The molecule has 2 aromatic rings. The molecule has 1 saturated carbocycles. The summed E-state index contributed by atoms with van der Waals surface area (Å²) in [6.07, 6.45) is 1.33. The summed E-state index contributed by atoms with van der Waals surface area (Å²) in [6.45, 7) is 1.56. The van der Waals surface area contributed by atoms with Gasteiger partial charge in [0.2, 0.25) is 5.91 Å². The lowest BCUT2D eigenvalue weighted by molar-refractivity contribution is -0.135. The van der Waals surface area contributed by atoms with E-state index in [9.17, 15) is 18.4 Å². The number of nitrogens with zero attached hydrogens (tertiary/aromatic N) is 2. The molecule has 0 atom stereocenters. The molecule has 0 spiro atoms. The standard InChI is InChI=1S/C23H27F2N5O2/c1-28-13-15-3-2-14(12-19(15)26)16-10-17(24)20(18(25)11-16)21(31)29-6-8-30(9-7-29)22(32)23(27)4-5-23/h2-3,10-12,28H,4-9,13,26-27H2,1H3. The summed E-state index contributed by atoms with van der Waals surface area (Å²) in [4.78, 5) is 28.2. The number of halogens is 2. The first-order valence-corrected chi connectivity index (χ1v) is 10.6. The summed E-state index contributed by atoms with van der Waals surface area (Å²) >= 11 is 0. The van der Waals surface area contributed by atoms with Crippen molar-refractivity contribution in [3.63, 3.8) is 0 Å². The molecule has 2 fully saturated rings. The Hall–Kier alpha value is -3.04. The number of hydrogen-bond donors (Lipinski definition) is 3. The Morgan fingerprint density at radius 3 is 2.12 bits per heavy atom. The Bertz CT molecular complexity index is 1040. The van der Waals surface area contributed by atoms with Gasteiger partial charge in [-0.1, -0.05) is 12.1 Å². The second-order valence-corrected chi connectivity index (χ2v) is 8.50. The van der Waals surface area contributed by atoms with E-state index in [4.69, 9.17) is 11.5 Å². The van der Waals surface area contributed by atoms with E-state index in [1.54, 1.807) is 30.1 Å². The number of carbonyl (C=O) groups is 2. The number of nitrogens with one attached hydrogen (secondary N) is 1. The SMILES string of the molecule is CNCc1ccc(-c2cc(F)c(C(=O)N3CCN(C(=O)C4(N)CC4)CC3)c(F)c2)cc1N. The molecule has 9 heteroatoms. The maximum Gasteiger partial charge on any atom is 0.259 e. The third kappa shape index (κ3) is 4.18. The molecule has 1 heterocycles. The third-order valence-corrected chi connectivity index (χ3v) is 6.17. The van der Waals surface area contributed by atoms with E-state index in [2.05, 4.69) is 5.32 Å². The normalized spacial score (nSPS) is 17.4. The first-order chi connectivity index (χ1) is 15.2. The molecule has 2 aromatic carbocycles. The monoisotopic (exact) mass is 443 g/mol. The summed E-state index contributed by atoms with van der Waals surface area (Å²) in [5.41, 5.74) is 12.9. The van der Waals surface area contributed by atoms with E-state index in [1.165, 1.54) is 4.90 Å². The van der Waals surface area contributed by atoms with Gasteiger partial charge in [-0.2, -0.15) is 0 Å². The third-order valence-electron chi connectivity index (χ3n) is 6.17. The van der Waals surface area contributed by atoms with Crippen LogP contribution in [0.2, 0.25) is 0 Å². The average Bonchev–Trinajstić information content (AvgIpc) is 3.52. The number of anilines is 1. The van der Waals surface area contributed by atoms with Crippen LogP contribution in [0.3, 0.4) is 0 Å². The molecule has 2 aliphatic rings. The van der Waals surface area contributed by atoms with Gasteiger partial charge in [0, 0.05) is 38.4 Å². The van der Waals surface area contributed by atoms with Crippen molar-refractivity contribution >= 4 is 17.5 Å². The van der Waals surface area contributed by atoms with Gasteiger partial charge in [-0.05, 0) is 54.8 Å². The summed E-state index contributed by atoms with van der Waals surface area (Å²) in [5.74, 6) is -2.71. The van der Waals surface area contributed by atoms with Crippen LogP contribution in [0.1, 0.15) is 28.8 Å². The number of nitrogens with two attached hydrogens (primary N) is 2. The maximum atomic E-state index is 14.9. The van der Waals surface area contributed by atoms with Gasteiger partial charge in [0.25, 0.3) is 5.91 Å². The van der Waals surface area contributed by atoms with E-state index in [1.807, 2.05) is 0 Å². The molecule has 4 rings (SSSR count). The minimum atomic E-state index is -0.930. The van der Waals surface area contributed by atoms with E-state index in [0.717, 1.165) is 17.7 Å². The fourth-order valence-electron chi connectivity index (χ4n) is 4.00. The number of amides is 2. The molecule has 1 aliphatic heterocycles. The molecule has 2 amide bonds. The average molecular weight is 443 g/mol. The minimum Gasteiger partial charge on any atom is -0.398 e. The zero-order valence-corrected chi connectivity index (χ0v) is 18.0. The Balaban J connectivity index is 1.49. The van der Waals surface area contributed by atoms with Crippen LogP contribution in [0.5, 0.6) is 0 Å². The van der Waals surface area contributed by atoms with Gasteiger partial charge in [-0.15, -0.1) is 0 Å². The highest BCUT2D eigenvalue weighted by atomic mass is 19.1. The molecule has 1 saturated heterocycles. The molecule has 5 N–H and O–H groups in total. The van der Waals surface area contributed by atoms with Gasteiger partial charge >= 0.3 is 0 Å². The molecule has 0 aromatic heterocycles. The Morgan fingerprint density at radius 2 is 1.59 bits per heavy atom. The van der Waals surface area contributed by atoms with Crippen molar-refractivity contribution in [3.8, 4) is 11.1 Å². The molecule has 7 nitrogen and oxygen atoms in total. The van der Waals surface area contributed by atoms with Gasteiger partial charge < -0.3 is 26.6 Å². The Labute approximate surface area is 185 Å². The number of piperazine rings is 1. The molecule has 32 heavy (non-hydrogen) atoms. The Morgan fingerprint density at radius 1 is 1.00 bits per heavy atom. The molecule has 170 valence electrons. The van der Waals surface area contributed by atoms with Crippen molar-refractivity contribution in [2.75, 3.05) is 39.0 Å². The fraction of sp³-hybridized carbons (Fsp3) is 0.391. The van der Waals surface area contributed by atoms with E-state index in [0.29, 0.717) is 49.3 Å². The van der Waals surface area contributed by atoms with Crippen LogP contribution >= 0.6 is 0 Å². The number of hydrogen-bond acceptors (Lipinski definition) is 5. The summed E-state index contributed by atoms with van der Waals surface area (Å²) < 4.78 is 29.7. The highest BCUT2D eigenvalue weighted by molar-refractivity contribution is 5.96. The number of carbonyl (C=O) groups excluding carboxylic acids is 2. The van der Waals surface area contributed by atoms with Gasteiger partial charge in [0.05, 0.1) is 5.54 Å². The second kappa shape index (κ2) is 8.48. The topological polar surface area (TPSA) is 105 Å². The quantitative estimate of drug-likeness (QED) is 0.611. The summed E-state index contributed by atoms with van der Waals surface area (Å²) in [6, 6.07) is 7.48. The zero-order valence-electron chi connectivity index (χ0n) is 18.0. The van der Waals surface area contributed by atoms with Crippen molar-refractivity contribution < 1.29 is 18.4 Å². The van der Waals surface area contributed by atoms with Gasteiger partial charge in [-0.3, -0.25) is 9.59 Å². The number of nitrogen functional groups attached to an aromatic ring is 1. The van der Waals surface area contributed by atoms with Crippen LogP contribution in [-0.4, -0.2) is 60.4 Å². The van der Waals surface area contributed by atoms with Crippen molar-refractivity contribution in [2.45, 2.75) is 24.9 Å². The largest absolute Gasteiger partial charge is 0.398 e. The molecule has 0 unspecified atom stereocenters. The Kier molecular flexibility index (Phi) is 5.87. The molecular formula is C23H27F2N5O2. The van der Waals surface area contributed by atoms with Gasteiger partial charge in [0.15, 0.2) is 0 Å². The van der Waals surface area contributed by atoms with Gasteiger partial charge in [-0.25, -0.2) is 8.78 Å². The van der Waals surface area contributed by atoms with Gasteiger partial charge in [0.1, 0.15) is 17.2 Å². The lowest BCUT2D eigenvalue weighted by Gasteiger charge is -2.36. The van der Waals surface area contributed by atoms with Crippen LogP contribution in [0.4, 0.5) is 14.5 Å². The van der Waals surface area contributed by atoms with E-state index in [-0.39, 0.29) is 19.0 Å². The van der Waals surface area contributed by atoms with Crippen LogP contribution in [0.15, 0.2) is 30.3 Å². The molecular weight excluding hydrogens is 416 g/mol. The highest BCUT2D eigenvalue weighted by Crippen LogP contribution is 2.34. The number of benzene rings is 2. The number of rotatable bonds is 5. The first-order valence-electron chi connectivity index (χ1n) is 10.6. The maximum absolute atomic E-state index is 14.9. The molecule has 0 radical (unpaired) electrons. The predicted molar refractivity (Wildman–Crippen MR) is 118 cm³/mol.